The first-order chi connectivity index (χ1) is 7.43. The molecule has 0 spiro atoms. The highest BCUT2D eigenvalue weighted by Crippen LogP contribution is 2.16. The highest BCUT2D eigenvalue weighted by molar-refractivity contribution is 7.90. The summed E-state index contributed by atoms with van der Waals surface area (Å²) >= 11 is 0. The molecule has 16 heavy (non-hydrogen) atoms. The number of halogens is 1. The standard InChI is InChI=1S/C11H16FNO2S/c1-16(14,15)11-7-9(4-2-3-5-13)6-10(12)8-11/h6-8H,2-5,13H2,1H3. The Labute approximate surface area is 95.4 Å². The second-order valence-electron chi connectivity index (χ2n) is 3.81. The first-order valence-corrected chi connectivity index (χ1v) is 7.02. The maximum Gasteiger partial charge on any atom is 0.175 e. The maximum absolute atomic E-state index is 13.2. The molecule has 0 aliphatic rings. The topological polar surface area (TPSA) is 60.2 Å². The van der Waals surface area contributed by atoms with Crippen molar-refractivity contribution in [2.45, 2.75) is 24.2 Å². The zero-order valence-corrected chi connectivity index (χ0v) is 10.1. The SMILES string of the molecule is CS(=O)(=O)c1cc(F)cc(CCCCN)c1. The fourth-order valence-electron chi connectivity index (χ4n) is 1.45. The van der Waals surface area contributed by atoms with Gasteiger partial charge in [-0.2, -0.15) is 0 Å². The van der Waals surface area contributed by atoms with Crippen LogP contribution in [0.15, 0.2) is 23.1 Å². The molecule has 0 aliphatic carbocycles. The van der Waals surface area contributed by atoms with E-state index in [1.807, 2.05) is 0 Å². The molecule has 0 saturated heterocycles. The minimum Gasteiger partial charge on any atom is -0.330 e. The third kappa shape index (κ3) is 3.90. The molecule has 0 fully saturated rings. The van der Waals surface area contributed by atoms with E-state index in [9.17, 15) is 12.8 Å². The number of aryl methyl sites for hydroxylation is 1. The number of sulfone groups is 1. The molecular weight excluding hydrogens is 229 g/mol. The van der Waals surface area contributed by atoms with Crippen molar-refractivity contribution in [2.75, 3.05) is 12.8 Å². The number of benzene rings is 1. The predicted molar refractivity (Wildman–Crippen MR) is 61.5 cm³/mol. The van der Waals surface area contributed by atoms with Crippen molar-refractivity contribution in [2.24, 2.45) is 5.73 Å². The van der Waals surface area contributed by atoms with E-state index < -0.39 is 15.7 Å². The van der Waals surface area contributed by atoms with Crippen molar-refractivity contribution in [1.82, 2.24) is 0 Å². The largest absolute Gasteiger partial charge is 0.330 e. The summed E-state index contributed by atoms with van der Waals surface area (Å²) in [6.07, 6.45) is 3.41. The van der Waals surface area contributed by atoms with Crippen molar-refractivity contribution < 1.29 is 12.8 Å². The van der Waals surface area contributed by atoms with Gasteiger partial charge in [0.2, 0.25) is 0 Å². The van der Waals surface area contributed by atoms with E-state index in [0.717, 1.165) is 25.2 Å². The van der Waals surface area contributed by atoms with Crippen LogP contribution >= 0.6 is 0 Å². The van der Waals surface area contributed by atoms with E-state index in [1.165, 1.54) is 12.1 Å². The number of hydrogen-bond acceptors (Lipinski definition) is 3. The molecule has 1 rings (SSSR count). The molecule has 1 aromatic carbocycles. The van der Waals surface area contributed by atoms with Crippen molar-refractivity contribution >= 4 is 9.84 Å². The van der Waals surface area contributed by atoms with E-state index in [2.05, 4.69) is 0 Å². The maximum atomic E-state index is 13.2. The lowest BCUT2D eigenvalue weighted by Crippen LogP contribution is -2.01. The van der Waals surface area contributed by atoms with Gasteiger partial charge in [0.1, 0.15) is 5.82 Å². The fraction of sp³-hybridized carbons (Fsp3) is 0.455. The summed E-state index contributed by atoms with van der Waals surface area (Å²) in [7, 11) is -3.34. The lowest BCUT2D eigenvalue weighted by atomic mass is 10.1. The Hall–Kier alpha value is -0.940. The Kier molecular flexibility index (Phi) is 4.44. The molecule has 0 atom stereocenters. The smallest absolute Gasteiger partial charge is 0.175 e. The van der Waals surface area contributed by atoms with E-state index in [-0.39, 0.29) is 4.90 Å². The molecule has 0 heterocycles. The van der Waals surface area contributed by atoms with Gasteiger partial charge in [-0.05, 0) is 49.6 Å². The molecular formula is C11H16FNO2S. The molecule has 0 aromatic heterocycles. The molecule has 0 saturated carbocycles. The zero-order chi connectivity index (χ0) is 12.2. The van der Waals surface area contributed by atoms with Gasteiger partial charge in [0.15, 0.2) is 9.84 Å². The molecule has 0 aliphatic heterocycles. The first kappa shape index (κ1) is 13.1. The van der Waals surface area contributed by atoms with Gasteiger partial charge in [0.25, 0.3) is 0 Å². The van der Waals surface area contributed by atoms with E-state index in [1.54, 1.807) is 0 Å². The first-order valence-electron chi connectivity index (χ1n) is 5.13. The summed E-state index contributed by atoms with van der Waals surface area (Å²) in [6.45, 7) is 0.592. The number of unbranched alkanes of at least 4 members (excludes halogenated alkanes) is 1. The van der Waals surface area contributed by atoms with Gasteiger partial charge in [-0.15, -0.1) is 0 Å². The fourth-order valence-corrected chi connectivity index (χ4v) is 2.14. The molecule has 0 bridgehead atoms. The number of nitrogens with two attached hydrogens (primary N) is 1. The van der Waals surface area contributed by atoms with E-state index in [4.69, 9.17) is 5.73 Å². The Morgan fingerprint density at radius 1 is 1.25 bits per heavy atom. The third-order valence-corrected chi connectivity index (χ3v) is 3.37. The van der Waals surface area contributed by atoms with Crippen LogP contribution in [0.3, 0.4) is 0 Å². The highest BCUT2D eigenvalue weighted by Gasteiger charge is 2.10. The van der Waals surface area contributed by atoms with Crippen molar-refractivity contribution in [3.8, 4) is 0 Å². The second-order valence-corrected chi connectivity index (χ2v) is 5.83. The van der Waals surface area contributed by atoms with E-state index in [0.29, 0.717) is 18.5 Å². The minimum absolute atomic E-state index is 0.0373. The van der Waals surface area contributed by atoms with Crippen LogP contribution in [0.25, 0.3) is 0 Å². The van der Waals surface area contributed by atoms with E-state index >= 15 is 0 Å². The van der Waals surface area contributed by atoms with Crippen LogP contribution < -0.4 is 5.73 Å². The van der Waals surface area contributed by atoms with Crippen molar-refractivity contribution in [3.05, 3.63) is 29.6 Å². The van der Waals surface area contributed by atoms with Gasteiger partial charge in [-0.25, -0.2) is 12.8 Å². The Balaban J connectivity index is 2.91. The Bertz CT molecular complexity index is 457. The van der Waals surface area contributed by atoms with Gasteiger partial charge in [-0.3, -0.25) is 0 Å². The lowest BCUT2D eigenvalue weighted by molar-refractivity contribution is 0.594. The van der Waals surface area contributed by atoms with Crippen molar-refractivity contribution in [3.63, 3.8) is 0 Å². The zero-order valence-electron chi connectivity index (χ0n) is 9.24. The Morgan fingerprint density at radius 3 is 2.50 bits per heavy atom. The molecule has 0 radical (unpaired) electrons. The van der Waals surface area contributed by atoms with Gasteiger partial charge in [0.05, 0.1) is 4.90 Å². The monoisotopic (exact) mass is 245 g/mol. The average Bonchev–Trinajstić information content (AvgIpc) is 2.16. The van der Waals surface area contributed by atoms with Crippen LogP contribution in [0.5, 0.6) is 0 Å². The van der Waals surface area contributed by atoms with Gasteiger partial charge in [0, 0.05) is 6.26 Å². The summed E-state index contributed by atoms with van der Waals surface area (Å²) in [4.78, 5) is 0.0373. The summed E-state index contributed by atoms with van der Waals surface area (Å²) in [6, 6.07) is 3.93. The molecule has 90 valence electrons. The van der Waals surface area contributed by atoms with Crippen LogP contribution in [0.1, 0.15) is 18.4 Å². The second kappa shape index (κ2) is 5.41. The van der Waals surface area contributed by atoms with Gasteiger partial charge >= 0.3 is 0 Å². The van der Waals surface area contributed by atoms with Gasteiger partial charge in [-0.1, -0.05) is 0 Å². The van der Waals surface area contributed by atoms with Crippen LogP contribution in [0.4, 0.5) is 4.39 Å². The lowest BCUT2D eigenvalue weighted by Gasteiger charge is -2.04. The molecule has 3 nitrogen and oxygen atoms in total. The highest BCUT2D eigenvalue weighted by atomic mass is 32.2. The Morgan fingerprint density at radius 2 is 1.94 bits per heavy atom. The van der Waals surface area contributed by atoms with Crippen LogP contribution in [0, 0.1) is 5.82 Å². The van der Waals surface area contributed by atoms with Crippen LogP contribution in [-0.2, 0) is 16.3 Å². The van der Waals surface area contributed by atoms with Crippen LogP contribution in [-0.4, -0.2) is 21.2 Å². The molecule has 1 aromatic rings. The summed E-state index contributed by atoms with van der Waals surface area (Å²) in [5.41, 5.74) is 6.05. The molecule has 2 N–H and O–H groups in total. The third-order valence-electron chi connectivity index (χ3n) is 2.28. The minimum atomic E-state index is -3.34. The summed E-state index contributed by atoms with van der Waals surface area (Å²) in [5, 5.41) is 0. The number of hydrogen-bond donors (Lipinski definition) is 1. The number of rotatable bonds is 5. The summed E-state index contributed by atoms with van der Waals surface area (Å²) in [5.74, 6) is -0.509. The van der Waals surface area contributed by atoms with Crippen molar-refractivity contribution in [1.29, 1.82) is 0 Å². The average molecular weight is 245 g/mol. The van der Waals surface area contributed by atoms with Gasteiger partial charge < -0.3 is 5.73 Å². The van der Waals surface area contributed by atoms with Crippen LogP contribution in [0.2, 0.25) is 0 Å². The molecule has 5 heteroatoms. The summed E-state index contributed by atoms with van der Waals surface area (Å²) < 4.78 is 35.7. The molecule has 0 unspecified atom stereocenters. The molecule has 0 amide bonds. The quantitative estimate of drug-likeness (QED) is 0.800. The normalized spacial score (nSPS) is 11.7. The predicted octanol–water partition coefficient (Wildman–Crippen LogP) is 1.51.